The molecule has 1 fully saturated rings. The first-order valence-electron chi connectivity index (χ1n) is 6.93. The van der Waals surface area contributed by atoms with Crippen LogP contribution >= 0.6 is 0 Å². The fraction of sp³-hybridized carbons (Fsp3) is 0.235. The average Bonchev–Trinajstić information content (AvgIpc) is 2.97. The van der Waals surface area contributed by atoms with Crippen LogP contribution in [-0.2, 0) is 11.2 Å². The third kappa shape index (κ3) is 1.56. The number of anilines is 1. The van der Waals surface area contributed by atoms with Gasteiger partial charge in [-0.05, 0) is 35.7 Å². The maximum absolute atomic E-state index is 12.4. The molecule has 2 heterocycles. The van der Waals surface area contributed by atoms with E-state index in [2.05, 4.69) is 6.07 Å². The second-order valence-corrected chi connectivity index (χ2v) is 5.57. The highest BCUT2D eigenvalue weighted by Gasteiger charge is 2.45. The molecule has 0 saturated carbocycles. The molecule has 3 heteroatoms. The zero-order chi connectivity index (χ0) is 13.7. The van der Waals surface area contributed by atoms with Gasteiger partial charge in [-0.2, -0.15) is 0 Å². The number of aromatic hydroxyl groups is 1. The Kier molecular flexibility index (Phi) is 2.36. The number of benzene rings is 2. The molecule has 0 spiro atoms. The summed E-state index contributed by atoms with van der Waals surface area (Å²) in [5.41, 5.74) is 3.36. The Morgan fingerprint density at radius 3 is 2.75 bits per heavy atom. The van der Waals surface area contributed by atoms with Gasteiger partial charge in [0.1, 0.15) is 5.75 Å². The van der Waals surface area contributed by atoms with Crippen molar-refractivity contribution >= 4 is 11.6 Å². The monoisotopic (exact) mass is 265 g/mol. The summed E-state index contributed by atoms with van der Waals surface area (Å²) in [7, 11) is 0. The summed E-state index contributed by atoms with van der Waals surface area (Å²) in [5, 5.41) is 9.65. The van der Waals surface area contributed by atoms with Crippen molar-refractivity contribution in [1.82, 2.24) is 0 Å². The first kappa shape index (κ1) is 11.5. The number of phenolic OH excluding ortho intramolecular Hbond substituents is 1. The van der Waals surface area contributed by atoms with Crippen LogP contribution in [0.4, 0.5) is 5.69 Å². The van der Waals surface area contributed by atoms with Gasteiger partial charge < -0.3 is 10.0 Å². The number of carbonyl (C=O) groups is 1. The minimum Gasteiger partial charge on any atom is -0.508 e. The predicted molar refractivity (Wildman–Crippen MR) is 76.9 cm³/mol. The van der Waals surface area contributed by atoms with Gasteiger partial charge in [0.25, 0.3) is 0 Å². The average molecular weight is 265 g/mol. The largest absolute Gasteiger partial charge is 0.508 e. The van der Waals surface area contributed by atoms with Gasteiger partial charge in [-0.25, -0.2) is 0 Å². The number of carbonyl (C=O) groups excluding carboxylic acids is 1. The number of para-hydroxylation sites is 1. The maximum atomic E-state index is 12.4. The van der Waals surface area contributed by atoms with E-state index in [1.165, 1.54) is 5.56 Å². The van der Waals surface area contributed by atoms with Gasteiger partial charge in [0, 0.05) is 24.1 Å². The van der Waals surface area contributed by atoms with Gasteiger partial charge in [0.2, 0.25) is 5.91 Å². The van der Waals surface area contributed by atoms with Crippen molar-refractivity contribution in [2.24, 2.45) is 0 Å². The zero-order valence-electron chi connectivity index (χ0n) is 11.0. The van der Waals surface area contributed by atoms with E-state index in [0.717, 1.165) is 17.7 Å². The number of phenols is 1. The molecule has 2 atom stereocenters. The summed E-state index contributed by atoms with van der Waals surface area (Å²) in [4.78, 5) is 14.3. The molecule has 0 aliphatic carbocycles. The van der Waals surface area contributed by atoms with Crippen LogP contribution in [0.3, 0.4) is 0 Å². The molecule has 0 unspecified atom stereocenters. The topological polar surface area (TPSA) is 40.5 Å². The fourth-order valence-electron chi connectivity index (χ4n) is 3.57. The van der Waals surface area contributed by atoms with Crippen molar-refractivity contribution in [2.45, 2.75) is 24.8 Å². The molecular formula is C17H15NO2. The Bertz CT molecular complexity index is 695. The summed E-state index contributed by atoms with van der Waals surface area (Å²) < 4.78 is 0. The normalized spacial score (nSPS) is 23.8. The summed E-state index contributed by atoms with van der Waals surface area (Å²) in [6.07, 6.45) is 1.44. The Morgan fingerprint density at radius 2 is 1.90 bits per heavy atom. The Hall–Kier alpha value is -2.29. The zero-order valence-corrected chi connectivity index (χ0v) is 11.0. The van der Waals surface area contributed by atoms with Crippen molar-refractivity contribution in [3.63, 3.8) is 0 Å². The van der Waals surface area contributed by atoms with Crippen molar-refractivity contribution in [3.8, 4) is 5.75 Å². The van der Waals surface area contributed by atoms with E-state index in [9.17, 15) is 9.90 Å². The minimum absolute atomic E-state index is 0.169. The molecular weight excluding hydrogens is 250 g/mol. The molecule has 2 aromatic rings. The van der Waals surface area contributed by atoms with E-state index in [4.69, 9.17) is 0 Å². The lowest BCUT2D eigenvalue weighted by Crippen LogP contribution is -2.31. The van der Waals surface area contributed by atoms with Crippen LogP contribution < -0.4 is 4.90 Å². The van der Waals surface area contributed by atoms with Crippen molar-refractivity contribution in [1.29, 1.82) is 0 Å². The number of hydrogen-bond donors (Lipinski definition) is 1. The number of amides is 1. The van der Waals surface area contributed by atoms with Gasteiger partial charge in [-0.3, -0.25) is 4.79 Å². The van der Waals surface area contributed by atoms with Crippen molar-refractivity contribution < 1.29 is 9.90 Å². The van der Waals surface area contributed by atoms with E-state index in [0.29, 0.717) is 6.42 Å². The van der Waals surface area contributed by atoms with Crippen LogP contribution in [0.1, 0.15) is 23.5 Å². The van der Waals surface area contributed by atoms with Crippen LogP contribution in [0, 0.1) is 0 Å². The van der Waals surface area contributed by atoms with Crippen LogP contribution in [0.25, 0.3) is 0 Å². The number of fused-ring (bicyclic) bond motifs is 3. The molecule has 3 nitrogen and oxygen atoms in total. The standard InChI is InChI=1S/C17H15NO2/c19-13-6-3-5-11(8-13)14-10-17(20)18-15-7-2-1-4-12(15)9-16(14)18/h1-8,14,16,19H,9-10H2/t14-,16+/m0/s1. The lowest BCUT2D eigenvalue weighted by molar-refractivity contribution is -0.117. The molecule has 1 amide bonds. The van der Waals surface area contributed by atoms with Crippen molar-refractivity contribution in [3.05, 3.63) is 59.7 Å². The van der Waals surface area contributed by atoms with Crippen LogP contribution in [-0.4, -0.2) is 17.1 Å². The predicted octanol–water partition coefficient (Wildman–Crippen LogP) is 2.84. The molecule has 0 bridgehead atoms. The molecule has 0 aromatic heterocycles. The summed E-state index contributed by atoms with van der Waals surface area (Å²) in [5.74, 6) is 0.624. The molecule has 20 heavy (non-hydrogen) atoms. The summed E-state index contributed by atoms with van der Waals surface area (Å²) >= 11 is 0. The first-order valence-corrected chi connectivity index (χ1v) is 6.93. The minimum atomic E-state index is 0.169. The SMILES string of the molecule is O=C1C[C@@H](c2cccc(O)c2)[C@H]2Cc3ccccc3N12. The van der Waals surface area contributed by atoms with Crippen LogP contribution in [0.15, 0.2) is 48.5 Å². The van der Waals surface area contributed by atoms with Crippen molar-refractivity contribution in [2.75, 3.05) is 4.90 Å². The lowest BCUT2D eigenvalue weighted by atomic mass is 9.89. The lowest BCUT2D eigenvalue weighted by Gasteiger charge is -2.21. The van der Waals surface area contributed by atoms with Gasteiger partial charge in [0.15, 0.2) is 0 Å². The van der Waals surface area contributed by atoms with Gasteiger partial charge in [-0.15, -0.1) is 0 Å². The van der Waals surface area contributed by atoms with E-state index in [1.807, 2.05) is 35.2 Å². The molecule has 1 saturated heterocycles. The quantitative estimate of drug-likeness (QED) is 0.861. The maximum Gasteiger partial charge on any atom is 0.227 e. The number of hydrogen-bond acceptors (Lipinski definition) is 2. The second-order valence-electron chi connectivity index (χ2n) is 5.57. The molecule has 2 aliphatic heterocycles. The van der Waals surface area contributed by atoms with Gasteiger partial charge >= 0.3 is 0 Å². The van der Waals surface area contributed by atoms with E-state index < -0.39 is 0 Å². The Labute approximate surface area is 117 Å². The van der Waals surface area contributed by atoms with E-state index in [-0.39, 0.29) is 23.6 Å². The Balaban J connectivity index is 1.75. The molecule has 100 valence electrons. The highest BCUT2D eigenvalue weighted by molar-refractivity contribution is 5.99. The fourth-order valence-corrected chi connectivity index (χ4v) is 3.57. The highest BCUT2D eigenvalue weighted by atomic mass is 16.3. The smallest absolute Gasteiger partial charge is 0.227 e. The van der Waals surface area contributed by atoms with Crippen LogP contribution in [0.2, 0.25) is 0 Å². The summed E-state index contributed by atoms with van der Waals surface area (Å²) in [6, 6.07) is 15.6. The molecule has 0 radical (unpaired) electrons. The number of nitrogens with zero attached hydrogens (tertiary/aromatic N) is 1. The summed E-state index contributed by atoms with van der Waals surface area (Å²) in [6.45, 7) is 0. The Morgan fingerprint density at radius 1 is 1.05 bits per heavy atom. The van der Waals surface area contributed by atoms with Gasteiger partial charge in [0.05, 0.1) is 0 Å². The van der Waals surface area contributed by atoms with Gasteiger partial charge in [-0.1, -0.05) is 30.3 Å². The van der Waals surface area contributed by atoms with Crippen LogP contribution in [0.5, 0.6) is 5.75 Å². The second kappa shape index (κ2) is 4.10. The molecule has 1 N–H and O–H groups in total. The third-order valence-corrected chi connectivity index (χ3v) is 4.44. The first-order chi connectivity index (χ1) is 9.74. The van der Waals surface area contributed by atoms with E-state index in [1.54, 1.807) is 12.1 Å². The number of rotatable bonds is 1. The molecule has 4 rings (SSSR count). The van der Waals surface area contributed by atoms with E-state index >= 15 is 0 Å². The molecule has 2 aliphatic rings. The third-order valence-electron chi connectivity index (χ3n) is 4.44. The molecule has 2 aromatic carbocycles. The highest BCUT2D eigenvalue weighted by Crippen LogP contribution is 2.45.